The van der Waals surface area contributed by atoms with E-state index in [1.54, 1.807) is 14.0 Å². The van der Waals surface area contributed by atoms with Gasteiger partial charge in [-0.15, -0.1) is 0 Å². The summed E-state index contributed by atoms with van der Waals surface area (Å²) < 4.78 is 4.64. The summed E-state index contributed by atoms with van der Waals surface area (Å²) >= 11 is 0. The van der Waals surface area contributed by atoms with Crippen LogP contribution in [0.3, 0.4) is 0 Å². The molecule has 2 N–H and O–H groups in total. The lowest BCUT2D eigenvalue weighted by Gasteiger charge is -2.09. The molecule has 0 radical (unpaired) electrons. The van der Waals surface area contributed by atoms with Gasteiger partial charge in [-0.3, -0.25) is 13.9 Å². The number of aromatic nitrogens is 4. The van der Waals surface area contributed by atoms with E-state index in [9.17, 15) is 9.59 Å². The molecule has 0 amide bonds. The summed E-state index contributed by atoms with van der Waals surface area (Å²) in [5.41, 5.74) is 5.99. The topological polar surface area (TPSA) is 87.8 Å². The molecule has 2 aromatic heterocycles. The molecule has 0 spiro atoms. The molecule has 0 saturated heterocycles. The van der Waals surface area contributed by atoms with Crippen molar-refractivity contribution in [3.8, 4) is 0 Å². The summed E-state index contributed by atoms with van der Waals surface area (Å²) in [5, 5.41) is 0. The number of imidazole rings is 1. The van der Waals surface area contributed by atoms with Gasteiger partial charge in [0.1, 0.15) is 5.82 Å². The van der Waals surface area contributed by atoms with Crippen molar-refractivity contribution >= 4 is 11.2 Å². The minimum absolute atomic E-state index is 0.262. The van der Waals surface area contributed by atoms with Crippen LogP contribution in [0.4, 0.5) is 0 Å². The summed E-state index contributed by atoms with van der Waals surface area (Å²) in [6, 6.07) is 0. The van der Waals surface area contributed by atoms with E-state index in [1.165, 1.54) is 9.13 Å². The SMILES string of the molecule is CCCc1nc2c(c(=O)n(CC)c(=O)n2C)n1CCCN. The number of nitrogens with two attached hydrogens (primary N) is 1. The number of nitrogens with zero attached hydrogens (tertiary/aromatic N) is 4. The van der Waals surface area contributed by atoms with E-state index in [0.717, 1.165) is 25.1 Å². The highest BCUT2D eigenvalue weighted by molar-refractivity contribution is 5.71. The first-order valence-corrected chi connectivity index (χ1v) is 7.45. The second kappa shape index (κ2) is 6.26. The lowest BCUT2D eigenvalue weighted by molar-refractivity contribution is 0.611. The van der Waals surface area contributed by atoms with Gasteiger partial charge in [0.05, 0.1) is 0 Å². The minimum Gasteiger partial charge on any atom is -0.330 e. The number of hydrogen-bond acceptors (Lipinski definition) is 4. The maximum atomic E-state index is 12.6. The first-order chi connectivity index (χ1) is 10.1. The summed E-state index contributed by atoms with van der Waals surface area (Å²) in [7, 11) is 1.66. The zero-order chi connectivity index (χ0) is 15.6. The van der Waals surface area contributed by atoms with Crippen LogP contribution in [0.2, 0.25) is 0 Å². The van der Waals surface area contributed by atoms with E-state index in [1.807, 2.05) is 4.57 Å². The average molecular weight is 293 g/mol. The monoisotopic (exact) mass is 293 g/mol. The largest absolute Gasteiger partial charge is 0.332 e. The second-order valence-corrected chi connectivity index (χ2v) is 5.14. The van der Waals surface area contributed by atoms with Crippen LogP contribution in [-0.2, 0) is 26.6 Å². The molecule has 2 rings (SSSR count). The van der Waals surface area contributed by atoms with Crippen LogP contribution in [0.25, 0.3) is 11.2 Å². The number of aryl methyl sites for hydroxylation is 3. The van der Waals surface area contributed by atoms with Crippen LogP contribution in [0, 0.1) is 0 Å². The Morgan fingerprint density at radius 1 is 1.19 bits per heavy atom. The van der Waals surface area contributed by atoms with E-state index >= 15 is 0 Å². The van der Waals surface area contributed by atoms with Gasteiger partial charge in [0, 0.05) is 26.6 Å². The molecule has 0 atom stereocenters. The zero-order valence-corrected chi connectivity index (χ0v) is 12.9. The first-order valence-electron chi connectivity index (χ1n) is 7.45. The Hall–Kier alpha value is -1.89. The first kappa shape index (κ1) is 15.5. The average Bonchev–Trinajstić information content (AvgIpc) is 2.82. The Bertz CT molecular complexity index is 753. The lowest BCUT2D eigenvalue weighted by Crippen LogP contribution is -2.39. The van der Waals surface area contributed by atoms with Gasteiger partial charge in [-0.05, 0) is 26.3 Å². The molecule has 21 heavy (non-hydrogen) atoms. The van der Waals surface area contributed by atoms with Crippen molar-refractivity contribution in [3.63, 3.8) is 0 Å². The van der Waals surface area contributed by atoms with Crippen molar-refractivity contribution < 1.29 is 0 Å². The molecule has 0 unspecified atom stereocenters. The molecule has 0 fully saturated rings. The predicted octanol–water partition coefficient (Wildman–Crippen LogP) is 0.218. The van der Waals surface area contributed by atoms with E-state index in [2.05, 4.69) is 11.9 Å². The third kappa shape index (κ3) is 2.53. The summed E-state index contributed by atoms with van der Waals surface area (Å²) in [5.74, 6) is 0.849. The van der Waals surface area contributed by atoms with Crippen molar-refractivity contribution in [3.05, 3.63) is 26.7 Å². The van der Waals surface area contributed by atoms with Crippen LogP contribution in [-0.4, -0.2) is 25.2 Å². The predicted molar refractivity (Wildman–Crippen MR) is 82.6 cm³/mol. The fourth-order valence-electron chi connectivity index (χ4n) is 2.60. The standard InChI is InChI=1S/C14H23N5O2/c1-4-7-10-16-12-11(19(10)9-6-8-15)13(20)18(5-2)14(21)17(12)3/h4-9,15H2,1-3H3. The van der Waals surface area contributed by atoms with Crippen molar-refractivity contribution in [1.29, 1.82) is 0 Å². The van der Waals surface area contributed by atoms with Gasteiger partial charge in [0.25, 0.3) is 5.56 Å². The third-order valence-corrected chi connectivity index (χ3v) is 3.69. The van der Waals surface area contributed by atoms with Gasteiger partial charge < -0.3 is 10.3 Å². The zero-order valence-electron chi connectivity index (χ0n) is 12.9. The van der Waals surface area contributed by atoms with E-state index in [-0.39, 0.29) is 11.2 Å². The van der Waals surface area contributed by atoms with E-state index < -0.39 is 0 Å². The van der Waals surface area contributed by atoms with Crippen molar-refractivity contribution in [2.45, 2.75) is 46.2 Å². The molecule has 116 valence electrons. The van der Waals surface area contributed by atoms with Crippen LogP contribution < -0.4 is 17.0 Å². The van der Waals surface area contributed by atoms with Crippen LogP contribution >= 0.6 is 0 Å². The molecule has 7 heteroatoms. The van der Waals surface area contributed by atoms with Gasteiger partial charge in [-0.2, -0.15) is 0 Å². The van der Waals surface area contributed by atoms with Crippen molar-refractivity contribution in [1.82, 2.24) is 18.7 Å². The van der Waals surface area contributed by atoms with Crippen molar-refractivity contribution in [2.24, 2.45) is 12.8 Å². The normalized spacial score (nSPS) is 11.4. The maximum Gasteiger partial charge on any atom is 0.332 e. The van der Waals surface area contributed by atoms with E-state index in [0.29, 0.717) is 30.8 Å². The highest BCUT2D eigenvalue weighted by Gasteiger charge is 2.18. The van der Waals surface area contributed by atoms with Crippen LogP contribution in [0.15, 0.2) is 9.59 Å². The highest BCUT2D eigenvalue weighted by Crippen LogP contribution is 2.13. The smallest absolute Gasteiger partial charge is 0.330 e. The molecule has 0 aliphatic heterocycles. The van der Waals surface area contributed by atoms with Crippen LogP contribution in [0.1, 0.15) is 32.5 Å². The fourth-order valence-corrected chi connectivity index (χ4v) is 2.60. The Morgan fingerprint density at radius 2 is 1.90 bits per heavy atom. The second-order valence-electron chi connectivity index (χ2n) is 5.14. The molecule has 2 aromatic rings. The van der Waals surface area contributed by atoms with Gasteiger partial charge in [-0.25, -0.2) is 9.78 Å². The number of hydrogen-bond donors (Lipinski definition) is 1. The van der Waals surface area contributed by atoms with Crippen LogP contribution in [0.5, 0.6) is 0 Å². The summed E-state index contributed by atoms with van der Waals surface area (Å²) in [4.78, 5) is 29.3. The summed E-state index contributed by atoms with van der Waals surface area (Å²) in [6.45, 7) is 5.42. The van der Waals surface area contributed by atoms with Gasteiger partial charge in [0.15, 0.2) is 11.2 Å². The maximum absolute atomic E-state index is 12.6. The fraction of sp³-hybridized carbons (Fsp3) is 0.643. The number of rotatable bonds is 6. The van der Waals surface area contributed by atoms with Gasteiger partial charge in [-0.1, -0.05) is 6.92 Å². The molecule has 0 bridgehead atoms. The highest BCUT2D eigenvalue weighted by atomic mass is 16.2. The van der Waals surface area contributed by atoms with Gasteiger partial charge in [0.2, 0.25) is 0 Å². The molecule has 0 saturated carbocycles. The quantitative estimate of drug-likeness (QED) is 0.825. The van der Waals surface area contributed by atoms with Gasteiger partial charge >= 0.3 is 5.69 Å². The Balaban J connectivity index is 2.83. The summed E-state index contributed by atoms with van der Waals surface area (Å²) in [6.07, 6.45) is 2.48. The molecular formula is C14H23N5O2. The lowest BCUT2D eigenvalue weighted by atomic mass is 10.3. The minimum atomic E-state index is -0.318. The molecular weight excluding hydrogens is 270 g/mol. The third-order valence-electron chi connectivity index (χ3n) is 3.69. The Kier molecular flexibility index (Phi) is 4.62. The van der Waals surface area contributed by atoms with E-state index in [4.69, 9.17) is 5.73 Å². The molecule has 0 aromatic carbocycles. The van der Waals surface area contributed by atoms with Crippen molar-refractivity contribution in [2.75, 3.05) is 6.54 Å². The molecule has 0 aliphatic rings. The number of fused-ring (bicyclic) bond motifs is 1. The Labute approximate surface area is 123 Å². The molecule has 2 heterocycles. The molecule has 7 nitrogen and oxygen atoms in total. The Morgan fingerprint density at radius 3 is 2.48 bits per heavy atom. The molecule has 0 aliphatic carbocycles.